The average molecular weight is 285 g/mol. The van der Waals surface area contributed by atoms with Crippen LogP contribution in [0.5, 0.6) is 5.75 Å². The van der Waals surface area contributed by atoms with Crippen LogP contribution in [0.1, 0.15) is 11.6 Å². The van der Waals surface area contributed by atoms with Crippen LogP contribution in [0.4, 0.5) is 4.39 Å². The topological polar surface area (TPSA) is 59.0 Å². The molecule has 5 heteroatoms. The van der Waals surface area contributed by atoms with E-state index in [4.69, 9.17) is 15.7 Å². The molecule has 0 bridgehead atoms. The van der Waals surface area contributed by atoms with Crippen LogP contribution in [0.2, 0.25) is 0 Å². The van der Waals surface area contributed by atoms with Crippen molar-refractivity contribution >= 4 is 15.9 Å². The maximum absolute atomic E-state index is 13.6. The van der Waals surface area contributed by atoms with E-state index in [1.54, 1.807) is 6.07 Å². The third kappa shape index (κ3) is 2.81. The van der Waals surface area contributed by atoms with E-state index >= 15 is 0 Å². The largest absolute Gasteiger partial charge is 0.497 e. The van der Waals surface area contributed by atoms with Gasteiger partial charge in [0, 0.05) is 22.2 Å². The number of hydrogen-bond acceptors (Lipinski definition) is 3. The minimum absolute atomic E-state index is 0.305. The quantitative estimate of drug-likeness (QED) is 0.868. The van der Waals surface area contributed by atoms with Gasteiger partial charge in [-0.15, -0.1) is 0 Å². The van der Waals surface area contributed by atoms with Crippen LogP contribution < -0.4 is 10.5 Å². The summed E-state index contributed by atoms with van der Waals surface area (Å²) in [4.78, 5) is 0. The lowest BCUT2D eigenvalue weighted by Gasteiger charge is -2.12. The minimum atomic E-state index is -0.689. The first kappa shape index (κ1) is 12.7. The summed E-state index contributed by atoms with van der Waals surface area (Å²) in [7, 11) is 1.46. The molecule has 0 saturated carbocycles. The molecule has 0 heterocycles. The maximum atomic E-state index is 13.6. The fourth-order valence-corrected chi connectivity index (χ4v) is 1.54. The van der Waals surface area contributed by atoms with Crippen molar-refractivity contribution in [3.8, 4) is 11.8 Å². The van der Waals surface area contributed by atoms with Gasteiger partial charge < -0.3 is 10.5 Å². The van der Waals surface area contributed by atoms with E-state index in [9.17, 15) is 4.39 Å². The number of ether oxygens (including phenoxy) is 1. The number of allylic oxidation sites excluding steroid dienone is 1. The van der Waals surface area contributed by atoms with E-state index in [2.05, 4.69) is 15.9 Å². The molecular weight excluding hydrogens is 275 g/mol. The Balaban J connectivity index is 3.06. The van der Waals surface area contributed by atoms with Gasteiger partial charge in [-0.05, 0) is 6.07 Å². The molecule has 16 heavy (non-hydrogen) atoms. The van der Waals surface area contributed by atoms with Crippen LogP contribution in [0.15, 0.2) is 28.8 Å². The van der Waals surface area contributed by atoms with Crippen LogP contribution in [0, 0.1) is 17.1 Å². The summed E-state index contributed by atoms with van der Waals surface area (Å²) in [6, 6.07) is 5.54. The standard InChI is InChI=1S/C11H10BrFN2O/c1-16-7-2-3-8(10(13)6-7)11(15)9(12)4-5-14/h2-4,6,11H,15H2,1H3/b9-4+. The Kier molecular flexibility index (Phi) is 4.47. The van der Waals surface area contributed by atoms with Gasteiger partial charge in [0.2, 0.25) is 0 Å². The van der Waals surface area contributed by atoms with Crippen LogP contribution in [0.3, 0.4) is 0 Å². The van der Waals surface area contributed by atoms with Gasteiger partial charge in [0.05, 0.1) is 19.2 Å². The van der Waals surface area contributed by atoms with Crippen molar-refractivity contribution in [3.63, 3.8) is 0 Å². The third-order valence-electron chi connectivity index (χ3n) is 2.04. The molecule has 1 aromatic carbocycles. The predicted octanol–water partition coefficient (Wildman–Crippen LogP) is 2.64. The number of rotatable bonds is 3. The van der Waals surface area contributed by atoms with Crippen molar-refractivity contribution in [2.24, 2.45) is 5.73 Å². The first-order valence-electron chi connectivity index (χ1n) is 4.44. The average Bonchev–Trinajstić information content (AvgIpc) is 2.28. The normalized spacial score (nSPS) is 13.1. The van der Waals surface area contributed by atoms with Crippen molar-refractivity contribution in [3.05, 3.63) is 40.1 Å². The lowest BCUT2D eigenvalue weighted by molar-refractivity contribution is 0.410. The zero-order valence-corrected chi connectivity index (χ0v) is 10.2. The van der Waals surface area contributed by atoms with Crippen molar-refractivity contribution < 1.29 is 9.13 Å². The number of nitrogens with zero attached hydrogens (tertiary/aromatic N) is 1. The van der Waals surface area contributed by atoms with E-state index < -0.39 is 11.9 Å². The molecule has 0 saturated heterocycles. The Morgan fingerprint density at radius 1 is 1.69 bits per heavy atom. The van der Waals surface area contributed by atoms with Gasteiger partial charge in [0.15, 0.2) is 0 Å². The summed E-state index contributed by atoms with van der Waals surface area (Å²) in [6.07, 6.45) is 1.23. The van der Waals surface area contributed by atoms with Gasteiger partial charge in [-0.2, -0.15) is 5.26 Å². The molecule has 1 rings (SSSR count). The molecule has 1 unspecified atom stereocenters. The van der Waals surface area contributed by atoms with Gasteiger partial charge in [0.25, 0.3) is 0 Å². The molecule has 0 aliphatic rings. The summed E-state index contributed by atoms with van der Waals surface area (Å²) in [5, 5.41) is 8.46. The van der Waals surface area contributed by atoms with Crippen LogP contribution >= 0.6 is 15.9 Å². The fraction of sp³-hybridized carbons (Fsp3) is 0.182. The molecular formula is C11H10BrFN2O. The zero-order valence-electron chi connectivity index (χ0n) is 8.58. The van der Waals surface area contributed by atoms with Gasteiger partial charge in [-0.1, -0.05) is 22.0 Å². The van der Waals surface area contributed by atoms with E-state index in [0.717, 1.165) is 0 Å². The molecule has 0 radical (unpaired) electrons. The SMILES string of the molecule is COc1ccc(C(N)/C(Br)=C\C#N)c(F)c1. The summed E-state index contributed by atoms with van der Waals surface area (Å²) in [5.74, 6) is -0.0380. The highest BCUT2D eigenvalue weighted by Crippen LogP contribution is 2.27. The van der Waals surface area contributed by atoms with E-state index in [0.29, 0.717) is 15.8 Å². The second-order valence-electron chi connectivity index (χ2n) is 3.02. The molecule has 0 aromatic heterocycles. The van der Waals surface area contributed by atoms with Crippen molar-refractivity contribution in [1.82, 2.24) is 0 Å². The van der Waals surface area contributed by atoms with Gasteiger partial charge in [0.1, 0.15) is 11.6 Å². The molecule has 3 nitrogen and oxygen atoms in total. The number of nitriles is 1. The summed E-state index contributed by atoms with van der Waals surface area (Å²) in [5.41, 5.74) is 6.07. The fourth-order valence-electron chi connectivity index (χ4n) is 1.19. The molecule has 1 aromatic rings. The van der Waals surface area contributed by atoms with E-state index in [1.165, 1.54) is 25.3 Å². The van der Waals surface area contributed by atoms with E-state index in [1.807, 2.05) is 6.07 Å². The van der Waals surface area contributed by atoms with Crippen molar-refractivity contribution in [1.29, 1.82) is 5.26 Å². The van der Waals surface area contributed by atoms with Crippen molar-refractivity contribution in [2.75, 3.05) is 7.11 Å². The second-order valence-corrected chi connectivity index (χ2v) is 3.94. The first-order valence-corrected chi connectivity index (χ1v) is 5.23. The van der Waals surface area contributed by atoms with Crippen LogP contribution in [-0.4, -0.2) is 7.11 Å². The Bertz CT molecular complexity index is 454. The predicted molar refractivity (Wildman–Crippen MR) is 62.5 cm³/mol. The number of methoxy groups -OCH3 is 1. The molecule has 0 fully saturated rings. The molecule has 1 atom stereocenters. The Morgan fingerprint density at radius 2 is 2.38 bits per heavy atom. The lowest BCUT2D eigenvalue weighted by atomic mass is 10.1. The Hall–Kier alpha value is -1.38. The highest BCUT2D eigenvalue weighted by molar-refractivity contribution is 9.11. The third-order valence-corrected chi connectivity index (χ3v) is 2.76. The van der Waals surface area contributed by atoms with E-state index in [-0.39, 0.29) is 0 Å². The number of benzene rings is 1. The van der Waals surface area contributed by atoms with Crippen LogP contribution in [0.25, 0.3) is 0 Å². The first-order chi connectivity index (χ1) is 7.60. The summed E-state index contributed by atoms with van der Waals surface area (Å²) in [6.45, 7) is 0. The summed E-state index contributed by atoms with van der Waals surface area (Å²) >= 11 is 3.13. The monoisotopic (exact) mass is 284 g/mol. The Labute approximate surface area is 101 Å². The van der Waals surface area contributed by atoms with Crippen molar-refractivity contribution in [2.45, 2.75) is 6.04 Å². The molecule has 0 aliphatic carbocycles. The molecule has 84 valence electrons. The van der Waals surface area contributed by atoms with Crippen LogP contribution in [-0.2, 0) is 0 Å². The lowest BCUT2D eigenvalue weighted by Crippen LogP contribution is -2.12. The maximum Gasteiger partial charge on any atom is 0.132 e. The number of nitrogens with two attached hydrogens (primary N) is 1. The molecule has 2 N–H and O–H groups in total. The Morgan fingerprint density at radius 3 is 2.88 bits per heavy atom. The van der Waals surface area contributed by atoms with Gasteiger partial charge in [-0.3, -0.25) is 0 Å². The van der Waals surface area contributed by atoms with Gasteiger partial charge >= 0.3 is 0 Å². The molecule has 0 amide bonds. The summed E-state index contributed by atoms with van der Waals surface area (Å²) < 4.78 is 18.9. The minimum Gasteiger partial charge on any atom is -0.497 e. The second kappa shape index (κ2) is 5.64. The molecule has 0 aliphatic heterocycles. The number of halogens is 2. The zero-order chi connectivity index (χ0) is 12.1. The highest BCUT2D eigenvalue weighted by atomic mass is 79.9. The highest BCUT2D eigenvalue weighted by Gasteiger charge is 2.14. The molecule has 0 spiro atoms. The van der Waals surface area contributed by atoms with Gasteiger partial charge in [-0.25, -0.2) is 4.39 Å². The smallest absolute Gasteiger partial charge is 0.132 e. The number of hydrogen-bond donors (Lipinski definition) is 1.